The molecule has 0 amide bonds. The van der Waals surface area contributed by atoms with Crippen molar-refractivity contribution in [2.24, 2.45) is 4.99 Å². The van der Waals surface area contributed by atoms with Crippen molar-refractivity contribution in [1.29, 1.82) is 0 Å². The predicted octanol–water partition coefficient (Wildman–Crippen LogP) is 1.07. The molecule has 0 radical (unpaired) electrons. The molecule has 9 heavy (non-hydrogen) atoms. The van der Waals surface area contributed by atoms with E-state index in [1.165, 1.54) is 0 Å². The molecule has 0 aromatic rings. The van der Waals surface area contributed by atoms with Crippen molar-refractivity contribution in [2.45, 2.75) is 5.25 Å². The average molecular weight is 209 g/mol. The van der Waals surface area contributed by atoms with Gasteiger partial charge in [-0.05, 0) is 0 Å². The molecule has 1 heterocycles. The van der Waals surface area contributed by atoms with Gasteiger partial charge in [-0.1, -0.05) is 27.7 Å². The summed E-state index contributed by atoms with van der Waals surface area (Å²) < 4.78 is 0. The first-order valence-corrected chi connectivity index (χ1v) is 4.80. The Morgan fingerprint density at radius 1 is 2.00 bits per heavy atom. The van der Waals surface area contributed by atoms with E-state index in [1.807, 2.05) is 7.05 Å². The SMILES string of the molecule is CN=C1NC[C@H](CBr)S1. The number of aliphatic imine (C=N–C) groups is 1. The van der Waals surface area contributed by atoms with E-state index in [1.54, 1.807) is 11.8 Å². The monoisotopic (exact) mass is 208 g/mol. The molecule has 0 saturated carbocycles. The zero-order valence-electron chi connectivity index (χ0n) is 5.22. The van der Waals surface area contributed by atoms with Gasteiger partial charge < -0.3 is 5.32 Å². The minimum Gasteiger partial charge on any atom is -0.364 e. The molecule has 1 atom stereocenters. The predicted molar refractivity (Wildman–Crippen MR) is 46.5 cm³/mol. The molecule has 0 unspecified atom stereocenters. The van der Waals surface area contributed by atoms with E-state index in [0.29, 0.717) is 5.25 Å². The Morgan fingerprint density at radius 2 is 2.78 bits per heavy atom. The molecular weight excluding hydrogens is 200 g/mol. The zero-order chi connectivity index (χ0) is 6.69. The van der Waals surface area contributed by atoms with Gasteiger partial charge in [0, 0.05) is 24.2 Å². The third kappa shape index (κ3) is 1.86. The van der Waals surface area contributed by atoms with Crippen molar-refractivity contribution in [1.82, 2.24) is 5.32 Å². The Kier molecular flexibility index (Phi) is 2.85. The van der Waals surface area contributed by atoms with Crippen LogP contribution in [0.5, 0.6) is 0 Å². The van der Waals surface area contributed by atoms with Gasteiger partial charge in [0.15, 0.2) is 5.17 Å². The highest BCUT2D eigenvalue weighted by Gasteiger charge is 2.18. The fourth-order valence-electron chi connectivity index (χ4n) is 0.660. The van der Waals surface area contributed by atoms with Gasteiger partial charge in [0.2, 0.25) is 0 Å². The fourth-order valence-corrected chi connectivity index (χ4v) is 2.10. The second kappa shape index (κ2) is 3.46. The molecule has 0 spiro atoms. The van der Waals surface area contributed by atoms with Crippen LogP contribution in [0.3, 0.4) is 0 Å². The van der Waals surface area contributed by atoms with Gasteiger partial charge in [0.05, 0.1) is 0 Å². The molecule has 1 fully saturated rings. The molecule has 0 aliphatic carbocycles. The number of nitrogens with zero attached hydrogens (tertiary/aromatic N) is 1. The third-order valence-corrected chi connectivity index (χ3v) is 3.56. The number of alkyl halides is 1. The van der Waals surface area contributed by atoms with Crippen LogP contribution < -0.4 is 5.32 Å². The van der Waals surface area contributed by atoms with Crippen molar-refractivity contribution in [3.05, 3.63) is 0 Å². The topological polar surface area (TPSA) is 24.4 Å². The number of rotatable bonds is 1. The molecule has 0 aromatic carbocycles. The summed E-state index contributed by atoms with van der Waals surface area (Å²) in [7, 11) is 1.81. The van der Waals surface area contributed by atoms with E-state index in [-0.39, 0.29) is 0 Å². The minimum atomic E-state index is 0.670. The maximum atomic E-state index is 4.03. The molecule has 1 aliphatic heterocycles. The Balaban J connectivity index is 2.38. The number of thioether (sulfide) groups is 1. The summed E-state index contributed by atoms with van der Waals surface area (Å²) in [5.74, 6) is 0. The largest absolute Gasteiger partial charge is 0.364 e. The van der Waals surface area contributed by atoms with Gasteiger partial charge in [-0.2, -0.15) is 0 Å². The number of amidine groups is 1. The van der Waals surface area contributed by atoms with E-state index in [9.17, 15) is 0 Å². The van der Waals surface area contributed by atoms with Crippen LogP contribution >= 0.6 is 27.7 Å². The molecule has 0 aromatic heterocycles. The van der Waals surface area contributed by atoms with Crippen molar-refractivity contribution >= 4 is 32.9 Å². The Labute approximate surface area is 67.6 Å². The summed E-state index contributed by atoms with van der Waals surface area (Å²) in [4.78, 5) is 4.03. The van der Waals surface area contributed by atoms with Crippen LogP contribution in [0.15, 0.2) is 4.99 Å². The van der Waals surface area contributed by atoms with Crippen LogP contribution in [0.4, 0.5) is 0 Å². The summed E-state index contributed by atoms with van der Waals surface area (Å²) in [6.45, 7) is 1.04. The van der Waals surface area contributed by atoms with Crippen molar-refractivity contribution in [3.8, 4) is 0 Å². The summed E-state index contributed by atoms with van der Waals surface area (Å²) >= 11 is 5.22. The molecule has 1 N–H and O–H groups in total. The second-order valence-corrected chi connectivity index (χ2v) is 3.74. The van der Waals surface area contributed by atoms with Crippen LogP contribution in [0.25, 0.3) is 0 Å². The van der Waals surface area contributed by atoms with E-state index in [2.05, 4.69) is 26.2 Å². The number of hydrogen-bond acceptors (Lipinski definition) is 2. The van der Waals surface area contributed by atoms with Gasteiger partial charge >= 0.3 is 0 Å². The average Bonchev–Trinajstić information content (AvgIpc) is 2.34. The summed E-state index contributed by atoms with van der Waals surface area (Å²) in [5, 5.41) is 5.97. The van der Waals surface area contributed by atoms with E-state index >= 15 is 0 Å². The van der Waals surface area contributed by atoms with Gasteiger partial charge in [-0.25, -0.2) is 0 Å². The first-order chi connectivity index (χ1) is 4.36. The van der Waals surface area contributed by atoms with E-state index in [0.717, 1.165) is 17.0 Å². The van der Waals surface area contributed by atoms with Crippen LogP contribution in [-0.4, -0.2) is 29.3 Å². The quantitative estimate of drug-likeness (QED) is 0.653. The fraction of sp³-hybridized carbons (Fsp3) is 0.800. The number of nitrogens with one attached hydrogen (secondary N) is 1. The van der Waals surface area contributed by atoms with Crippen molar-refractivity contribution < 1.29 is 0 Å². The molecule has 52 valence electrons. The Bertz CT molecular complexity index is 126. The van der Waals surface area contributed by atoms with E-state index in [4.69, 9.17) is 0 Å². The van der Waals surface area contributed by atoms with Crippen molar-refractivity contribution in [3.63, 3.8) is 0 Å². The zero-order valence-corrected chi connectivity index (χ0v) is 7.63. The Morgan fingerprint density at radius 3 is 3.11 bits per heavy atom. The lowest BCUT2D eigenvalue weighted by Gasteiger charge is -1.95. The molecule has 1 aliphatic rings. The summed E-state index contributed by atoms with van der Waals surface area (Å²) in [6, 6.07) is 0. The molecule has 1 rings (SSSR count). The summed E-state index contributed by atoms with van der Waals surface area (Å²) in [6.07, 6.45) is 0. The second-order valence-electron chi connectivity index (χ2n) is 1.80. The third-order valence-electron chi connectivity index (χ3n) is 1.13. The lowest BCUT2D eigenvalue weighted by molar-refractivity contribution is 0.901. The lowest BCUT2D eigenvalue weighted by Crippen LogP contribution is -2.16. The lowest BCUT2D eigenvalue weighted by atomic mass is 10.5. The smallest absolute Gasteiger partial charge is 0.156 e. The normalized spacial score (nSPS) is 30.9. The van der Waals surface area contributed by atoms with E-state index < -0.39 is 0 Å². The van der Waals surface area contributed by atoms with Crippen LogP contribution in [0.2, 0.25) is 0 Å². The number of halogens is 1. The van der Waals surface area contributed by atoms with Crippen LogP contribution in [-0.2, 0) is 0 Å². The van der Waals surface area contributed by atoms with Crippen molar-refractivity contribution in [2.75, 3.05) is 18.9 Å². The minimum absolute atomic E-state index is 0.670. The highest BCUT2D eigenvalue weighted by atomic mass is 79.9. The van der Waals surface area contributed by atoms with Crippen LogP contribution in [0, 0.1) is 0 Å². The maximum absolute atomic E-state index is 4.03. The van der Waals surface area contributed by atoms with Gasteiger partial charge in [0.1, 0.15) is 0 Å². The molecule has 2 nitrogen and oxygen atoms in total. The first-order valence-electron chi connectivity index (χ1n) is 2.80. The highest BCUT2D eigenvalue weighted by molar-refractivity contribution is 9.09. The molecule has 1 saturated heterocycles. The molecule has 4 heteroatoms. The van der Waals surface area contributed by atoms with Crippen LogP contribution in [0.1, 0.15) is 0 Å². The van der Waals surface area contributed by atoms with Gasteiger partial charge in [0.25, 0.3) is 0 Å². The number of hydrogen-bond donors (Lipinski definition) is 1. The first kappa shape index (κ1) is 7.41. The standard InChI is InChI=1S/C5H9BrN2S/c1-7-5-8-3-4(2-6)9-5/h4H,2-3H2,1H3,(H,7,8)/t4-/m0/s1. The van der Waals surface area contributed by atoms with Gasteiger partial charge in [-0.15, -0.1) is 0 Å². The molecule has 0 bridgehead atoms. The van der Waals surface area contributed by atoms with Gasteiger partial charge in [-0.3, -0.25) is 4.99 Å². The Hall–Kier alpha value is 0.300. The summed E-state index contributed by atoms with van der Waals surface area (Å²) in [5.41, 5.74) is 0. The maximum Gasteiger partial charge on any atom is 0.156 e. The molecular formula is C5H9BrN2S. The highest BCUT2D eigenvalue weighted by Crippen LogP contribution is 2.18.